The van der Waals surface area contributed by atoms with Gasteiger partial charge in [0.25, 0.3) is 5.56 Å². The summed E-state index contributed by atoms with van der Waals surface area (Å²) in [4.78, 5) is 21.1. The molecule has 0 aliphatic heterocycles. The van der Waals surface area contributed by atoms with Gasteiger partial charge in [0.2, 0.25) is 10.1 Å². The smallest absolute Gasteiger partial charge is 0.275 e. The highest BCUT2D eigenvalue weighted by atomic mass is 32.1. The SMILES string of the molecule is CCc1cc(=O)n2nc(NCc3ccc(-n4ccnc4C)c(F)c3)sc2n1. The monoisotopic (exact) mass is 384 g/mol. The Morgan fingerprint density at radius 2 is 2.15 bits per heavy atom. The molecule has 0 spiro atoms. The van der Waals surface area contributed by atoms with E-state index in [2.05, 4.69) is 20.4 Å². The molecule has 27 heavy (non-hydrogen) atoms. The summed E-state index contributed by atoms with van der Waals surface area (Å²) in [6, 6.07) is 6.54. The fourth-order valence-electron chi connectivity index (χ4n) is 2.77. The summed E-state index contributed by atoms with van der Waals surface area (Å²) in [5.41, 5.74) is 1.76. The van der Waals surface area contributed by atoms with Crippen LogP contribution in [0.5, 0.6) is 0 Å². The summed E-state index contributed by atoms with van der Waals surface area (Å²) in [6.45, 7) is 4.15. The average Bonchev–Trinajstić information content (AvgIpc) is 3.26. The summed E-state index contributed by atoms with van der Waals surface area (Å²) >= 11 is 1.29. The Labute approximate surface area is 158 Å². The van der Waals surface area contributed by atoms with Gasteiger partial charge in [0, 0.05) is 30.7 Å². The number of benzene rings is 1. The van der Waals surface area contributed by atoms with Gasteiger partial charge in [-0.2, -0.15) is 4.52 Å². The Bertz CT molecular complexity index is 1180. The van der Waals surface area contributed by atoms with E-state index < -0.39 is 0 Å². The number of anilines is 1. The predicted molar refractivity (Wildman–Crippen MR) is 102 cm³/mol. The molecule has 9 heteroatoms. The summed E-state index contributed by atoms with van der Waals surface area (Å²) in [6.07, 6.45) is 4.05. The summed E-state index contributed by atoms with van der Waals surface area (Å²) in [7, 11) is 0. The Balaban J connectivity index is 1.54. The maximum Gasteiger partial charge on any atom is 0.275 e. The molecule has 1 N–H and O–H groups in total. The van der Waals surface area contributed by atoms with Gasteiger partial charge in [-0.3, -0.25) is 4.79 Å². The van der Waals surface area contributed by atoms with Crippen LogP contribution in [0.25, 0.3) is 10.6 Å². The number of nitrogens with zero attached hydrogens (tertiary/aromatic N) is 5. The number of aromatic nitrogens is 5. The first-order chi connectivity index (χ1) is 13.0. The molecule has 0 bridgehead atoms. The van der Waals surface area contributed by atoms with Crippen molar-refractivity contribution >= 4 is 21.4 Å². The number of hydrogen-bond donors (Lipinski definition) is 1. The van der Waals surface area contributed by atoms with E-state index >= 15 is 0 Å². The van der Waals surface area contributed by atoms with Gasteiger partial charge >= 0.3 is 0 Å². The standard InChI is InChI=1S/C18H17FN6OS/c1-3-13-9-16(26)25-18(22-13)27-17(23-25)21-10-12-4-5-15(14(19)8-12)24-7-6-20-11(24)2/h4-9H,3,10H2,1-2H3,(H,21,23). The molecule has 3 heterocycles. The first-order valence-corrected chi connectivity index (χ1v) is 9.29. The first kappa shape index (κ1) is 17.3. The minimum Gasteiger partial charge on any atom is -0.356 e. The highest BCUT2D eigenvalue weighted by Gasteiger charge is 2.10. The topological polar surface area (TPSA) is 77.1 Å². The van der Waals surface area contributed by atoms with E-state index in [1.165, 1.54) is 28.0 Å². The van der Waals surface area contributed by atoms with Crippen LogP contribution in [0.1, 0.15) is 24.0 Å². The molecule has 4 aromatic rings. The lowest BCUT2D eigenvalue weighted by molar-refractivity contribution is 0.614. The van der Waals surface area contributed by atoms with Crippen LogP contribution in [-0.2, 0) is 13.0 Å². The maximum absolute atomic E-state index is 14.5. The van der Waals surface area contributed by atoms with E-state index in [-0.39, 0.29) is 11.4 Å². The third-order valence-corrected chi connectivity index (χ3v) is 5.07. The second-order valence-corrected chi connectivity index (χ2v) is 6.98. The molecule has 0 radical (unpaired) electrons. The van der Waals surface area contributed by atoms with E-state index in [1.807, 2.05) is 19.9 Å². The van der Waals surface area contributed by atoms with Gasteiger partial charge < -0.3 is 9.88 Å². The lowest BCUT2D eigenvalue weighted by Crippen LogP contribution is -2.15. The van der Waals surface area contributed by atoms with Crippen LogP contribution in [0.3, 0.4) is 0 Å². The summed E-state index contributed by atoms with van der Waals surface area (Å²) in [5, 5.41) is 7.93. The molecule has 0 aliphatic rings. The number of rotatable bonds is 5. The molecular formula is C18H17FN6OS. The van der Waals surface area contributed by atoms with Crippen LogP contribution in [0.2, 0.25) is 0 Å². The number of halogens is 1. The van der Waals surface area contributed by atoms with Crippen LogP contribution in [-0.4, -0.2) is 24.1 Å². The van der Waals surface area contributed by atoms with Gasteiger partial charge in [0.05, 0.1) is 5.69 Å². The normalized spacial score (nSPS) is 11.2. The number of hydrogen-bond acceptors (Lipinski definition) is 6. The maximum atomic E-state index is 14.5. The third-order valence-electron chi connectivity index (χ3n) is 4.20. The van der Waals surface area contributed by atoms with Crippen molar-refractivity contribution in [2.24, 2.45) is 0 Å². The summed E-state index contributed by atoms with van der Waals surface area (Å²) in [5.74, 6) is 0.392. The number of nitrogens with one attached hydrogen (secondary N) is 1. The highest BCUT2D eigenvalue weighted by Crippen LogP contribution is 2.20. The molecule has 138 valence electrons. The van der Waals surface area contributed by atoms with Crippen molar-refractivity contribution in [1.82, 2.24) is 24.1 Å². The average molecular weight is 384 g/mol. The Morgan fingerprint density at radius 3 is 2.85 bits per heavy atom. The molecule has 4 rings (SSSR count). The van der Waals surface area contributed by atoms with E-state index in [4.69, 9.17) is 0 Å². The molecule has 1 aromatic carbocycles. The zero-order valence-corrected chi connectivity index (χ0v) is 15.6. The van der Waals surface area contributed by atoms with Gasteiger partial charge in [0.1, 0.15) is 11.6 Å². The number of aryl methyl sites for hydroxylation is 2. The van der Waals surface area contributed by atoms with Crippen molar-refractivity contribution in [3.63, 3.8) is 0 Å². The highest BCUT2D eigenvalue weighted by molar-refractivity contribution is 7.20. The molecule has 0 aliphatic carbocycles. The second-order valence-electron chi connectivity index (χ2n) is 6.02. The zero-order valence-electron chi connectivity index (χ0n) is 14.8. The molecule has 0 fully saturated rings. The Kier molecular flexibility index (Phi) is 4.44. The predicted octanol–water partition coefficient (Wildman–Crippen LogP) is 2.96. The molecule has 0 atom stereocenters. The quantitative estimate of drug-likeness (QED) is 0.572. The van der Waals surface area contributed by atoms with Crippen molar-refractivity contribution < 1.29 is 4.39 Å². The van der Waals surface area contributed by atoms with Crippen LogP contribution in [0.4, 0.5) is 9.52 Å². The number of imidazole rings is 1. The molecule has 0 saturated carbocycles. The van der Waals surface area contributed by atoms with Crippen molar-refractivity contribution in [2.45, 2.75) is 26.8 Å². The third kappa shape index (κ3) is 3.33. The van der Waals surface area contributed by atoms with Gasteiger partial charge in [-0.1, -0.05) is 24.3 Å². The fourth-order valence-corrected chi connectivity index (χ4v) is 3.59. The number of fused-ring (bicyclic) bond motifs is 1. The van der Waals surface area contributed by atoms with Crippen molar-refractivity contribution in [3.8, 4) is 5.69 Å². The van der Waals surface area contributed by atoms with Crippen LogP contribution >= 0.6 is 11.3 Å². The lowest BCUT2D eigenvalue weighted by Gasteiger charge is -2.09. The minimum atomic E-state index is -0.329. The van der Waals surface area contributed by atoms with Crippen molar-refractivity contribution in [2.75, 3.05) is 5.32 Å². The molecule has 7 nitrogen and oxygen atoms in total. The van der Waals surface area contributed by atoms with Crippen molar-refractivity contribution in [1.29, 1.82) is 0 Å². The first-order valence-electron chi connectivity index (χ1n) is 8.47. The zero-order chi connectivity index (χ0) is 19.0. The van der Waals surface area contributed by atoms with Gasteiger partial charge in [-0.15, -0.1) is 5.10 Å². The van der Waals surface area contributed by atoms with E-state index in [9.17, 15) is 9.18 Å². The van der Waals surface area contributed by atoms with Crippen LogP contribution in [0.15, 0.2) is 41.5 Å². The van der Waals surface area contributed by atoms with Gasteiger partial charge in [-0.05, 0) is 31.0 Å². The molecule has 3 aromatic heterocycles. The fraction of sp³-hybridized carbons (Fsp3) is 0.222. The molecular weight excluding hydrogens is 367 g/mol. The molecule has 0 saturated heterocycles. The van der Waals surface area contributed by atoms with Crippen molar-refractivity contribution in [3.05, 3.63) is 69.9 Å². The Hall–Kier alpha value is -3.07. The van der Waals surface area contributed by atoms with Gasteiger partial charge in [0.15, 0.2) is 0 Å². The second kappa shape index (κ2) is 6.92. The van der Waals surface area contributed by atoms with E-state index in [1.54, 1.807) is 23.0 Å². The van der Waals surface area contributed by atoms with Gasteiger partial charge in [-0.25, -0.2) is 14.4 Å². The largest absolute Gasteiger partial charge is 0.356 e. The lowest BCUT2D eigenvalue weighted by atomic mass is 10.2. The van der Waals surface area contributed by atoms with E-state index in [0.29, 0.717) is 28.7 Å². The van der Waals surface area contributed by atoms with E-state index in [0.717, 1.165) is 17.1 Å². The summed E-state index contributed by atoms with van der Waals surface area (Å²) < 4.78 is 17.5. The molecule has 0 unspecified atom stereocenters. The van der Waals surface area contributed by atoms with Crippen LogP contribution in [0, 0.1) is 12.7 Å². The Morgan fingerprint density at radius 1 is 1.30 bits per heavy atom. The molecule has 0 amide bonds. The van der Waals surface area contributed by atoms with Crippen LogP contribution < -0.4 is 10.9 Å². The minimum absolute atomic E-state index is 0.202.